The van der Waals surface area contributed by atoms with Crippen molar-refractivity contribution < 1.29 is 14.7 Å². The third kappa shape index (κ3) is 3.35. The minimum absolute atomic E-state index is 0.00461. The van der Waals surface area contributed by atoms with Crippen molar-refractivity contribution in [3.63, 3.8) is 0 Å². The second-order valence-electron chi connectivity index (χ2n) is 8.00. The van der Waals surface area contributed by atoms with Crippen molar-refractivity contribution in [1.82, 2.24) is 15.8 Å². The van der Waals surface area contributed by atoms with Crippen molar-refractivity contribution >= 4 is 11.9 Å². The number of benzene rings is 1. The molecule has 6 nitrogen and oxygen atoms in total. The van der Waals surface area contributed by atoms with Crippen LogP contribution in [-0.4, -0.2) is 47.1 Å². The topological polar surface area (TPSA) is 81.7 Å². The normalized spacial score (nSPS) is 28.1. The maximum Gasteiger partial charge on any atom is 0.304 e. The highest BCUT2D eigenvalue weighted by molar-refractivity contribution is 5.91. The molecular formula is C20H27N3O3. The van der Waals surface area contributed by atoms with Gasteiger partial charge in [0.1, 0.15) is 0 Å². The average Bonchev–Trinajstić information content (AvgIpc) is 3.35. The quantitative estimate of drug-likeness (QED) is 0.747. The first-order valence-corrected chi connectivity index (χ1v) is 9.66. The van der Waals surface area contributed by atoms with Crippen LogP contribution in [0.5, 0.6) is 0 Å². The van der Waals surface area contributed by atoms with Crippen LogP contribution in [0.4, 0.5) is 0 Å². The second-order valence-corrected chi connectivity index (χ2v) is 8.00. The van der Waals surface area contributed by atoms with E-state index in [-0.39, 0.29) is 17.9 Å². The van der Waals surface area contributed by atoms with Gasteiger partial charge >= 0.3 is 5.97 Å². The zero-order valence-corrected chi connectivity index (χ0v) is 15.0. The van der Waals surface area contributed by atoms with Crippen LogP contribution in [0.25, 0.3) is 0 Å². The molecule has 0 radical (unpaired) electrons. The lowest BCUT2D eigenvalue weighted by molar-refractivity contribution is -0.137. The number of carboxylic acid groups (broad SMARTS) is 1. The molecule has 4 rings (SSSR count). The van der Waals surface area contributed by atoms with Crippen molar-refractivity contribution in [3.8, 4) is 0 Å². The van der Waals surface area contributed by atoms with Crippen LogP contribution < -0.4 is 10.9 Å². The minimum atomic E-state index is -0.763. The average molecular weight is 357 g/mol. The zero-order chi connectivity index (χ0) is 18.1. The maximum atomic E-state index is 13.1. The Hall–Kier alpha value is -1.92. The molecule has 140 valence electrons. The number of aliphatic carboxylic acids is 1. The predicted molar refractivity (Wildman–Crippen MR) is 97.4 cm³/mol. The first-order valence-electron chi connectivity index (χ1n) is 9.66. The van der Waals surface area contributed by atoms with Gasteiger partial charge in [-0.05, 0) is 43.6 Å². The van der Waals surface area contributed by atoms with Gasteiger partial charge in [-0.25, -0.2) is 0 Å². The van der Waals surface area contributed by atoms with Crippen molar-refractivity contribution in [3.05, 3.63) is 35.9 Å². The molecule has 1 saturated carbocycles. The van der Waals surface area contributed by atoms with Crippen LogP contribution in [0, 0.1) is 5.92 Å². The van der Waals surface area contributed by atoms with E-state index in [4.69, 9.17) is 5.11 Å². The highest BCUT2D eigenvalue weighted by atomic mass is 16.4. The van der Waals surface area contributed by atoms with E-state index in [0.717, 1.165) is 50.8 Å². The molecule has 2 saturated heterocycles. The largest absolute Gasteiger partial charge is 0.481 e. The summed E-state index contributed by atoms with van der Waals surface area (Å²) in [5.41, 5.74) is 7.28. The Bertz CT molecular complexity index is 666. The SMILES string of the molecule is O=C(O)CC1CC(C2CCN(C(=O)C3(c4ccccc4)CC3)CC2)NN1. The summed E-state index contributed by atoms with van der Waals surface area (Å²) in [7, 11) is 0. The molecule has 2 heterocycles. The number of hydrogen-bond acceptors (Lipinski definition) is 4. The van der Waals surface area contributed by atoms with E-state index in [9.17, 15) is 9.59 Å². The summed E-state index contributed by atoms with van der Waals surface area (Å²) in [5.74, 6) is 0.0293. The third-order valence-electron chi connectivity index (χ3n) is 6.31. The van der Waals surface area contributed by atoms with Crippen molar-refractivity contribution in [2.75, 3.05) is 13.1 Å². The molecule has 6 heteroatoms. The summed E-state index contributed by atoms with van der Waals surface area (Å²) in [6.07, 6.45) is 4.88. The molecular weight excluding hydrogens is 330 g/mol. The van der Waals surface area contributed by atoms with Gasteiger partial charge in [-0.1, -0.05) is 30.3 Å². The Morgan fingerprint density at radius 2 is 1.81 bits per heavy atom. The number of nitrogens with zero attached hydrogens (tertiary/aromatic N) is 1. The zero-order valence-electron chi connectivity index (χ0n) is 15.0. The molecule has 2 aliphatic heterocycles. The Kier molecular flexibility index (Phi) is 4.71. The number of hydrogen-bond donors (Lipinski definition) is 3. The maximum absolute atomic E-state index is 13.1. The van der Waals surface area contributed by atoms with Gasteiger partial charge in [0.05, 0.1) is 11.8 Å². The van der Waals surface area contributed by atoms with Crippen molar-refractivity contribution in [1.29, 1.82) is 0 Å². The summed E-state index contributed by atoms with van der Waals surface area (Å²) in [6, 6.07) is 10.5. The fourth-order valence-corrected chi connectivity index (χ4v) is 4.62. The van der Waals surface area contributed by atoms with E-state index in [1.165, 1.54) is 0 Å². The van der Waals surface area contributed by atoms with Gasteiger partial charge < -0.3 is 10.0 Å². The molecule has 2 unspecified atom stereocenters. The lowest BCUT2D eigenvalue weighted by atomic mass is 9.86. The van der Waals surface area contributed by atoms with Gasteiger partial charge in [0.2, 0.25) is 5.91 Å². The monoisotopic (exact) mass is 357 g/mol. The van der Waals surface area contributed by atoms with E-state index in [1.807, 2.05) is 23.1 Å². The molecule has 0 aromatic heterocycles. The Balaban J connectivity index is 1.32. The number of likely N-dealkylation sites (tertiary alicyclic amines) is 1. The molecule has 26 heavy (non-hydrogen) atoms. The smallest absolute Gasteiger partial charge is 0.304 e. The Morgan fingerprint density at radius 3 is 2.42 bits per heavy atom. The summed E-state index contributed by atoms with van der Waals surface area (Å²) in [4.78, 5) is 26.0. The molecule has 2 atom stereocenters. The lowest BCUT2D eigenvalue weighted by Crippen LogP contribution is -2.47. The third-order valence-corrected chi connectivity index (χ3v) is 6.31. The van der Waals surface area contributed by atoms with Gasteiger partial charge in [0.25, 0.3) is 0 Å². The highest BCUT2D eigenvalue weighted by Gasteiger charge is 2.53. The molecule has 1 aromatic carbocycles. The number of carbonyl (C=O) groups is 2. The first kappa shape index (κ1) is 17.5. The van der Waals surface area contributed by atoms with Crippen LogP contribution in [0.2, 0.25) is 0 Å². The minimum Gasteiger partial charge on any atom is -0.481 e. The number of rotatable bonds is 5. The number of amides is 1. The summed E-state index contributed by atoms with van der Waals surface area (Å²) >= 11 is 0. The molecule has 3 N–H and O–H groups in total. The molecule has 3 fully saturated rings. The van der Waals surface area contributed by atoms with Crippen LogP contribution in [0.3, 0.4) is 0 Å². The molecule has 0 bridgehead atoms. The van der Waals surface area contributed by atoms with Gasteiger partial charge in [-0.2, -0.15) is 0 Å². The van der Waals surface area contributed by atoms with E-state index >= 15 is 0 Å². The molecule has 1 aromatic rings. The molecule has 1 aliphatic carbocycles. The lowest BCUT2D eigenvalue weighted by Gasteiger charge is -2.36. The van der Waals surface area contributed by atoms with Gasteiger partial charge in [0, 0.05) is 25.2 Å². The van der Waals surface area contributed by atoms with Gasteiger partial charge in [-0.3, -0.25) is 20.4 Å². The van der Waals surface area contributed by atoms with Crippen molar-refractivity contribution in [2.45, 2.75) is 56.0 Å². The molecule has 0 spiro atoms. The van der Waals surface area contributed by atoms with Crippen LogP contribution in [0.15, 0.2) is 30.3 Å². The van der Waals surface area contributed by atoms with Gasteiger partial charge in [0.15, 0.2) is 0 Å². The molecule has 3 aliphatic rings. The predicted octanol–water partition coefficient (Wildman–Crippen LogP) is 1.67. The van der Waals surface area contributed by atoms with Crippen LogP contribution >= 0.6 is 0 Å². The number of nitrogens with one attached hydrogen (secondary N) is 2. The second kappa shape index (κ2) is 7.00. The number of piperidine rings is 1. The first-order chi connectivity index (χ1) is 12.6. The Morgan fingerprint density at radius 1 is 1.12 bits per heavy atom. The van der Waals surface area contributed by atoms with Crippen molar-refractivity contribution in [2.24, 2.45) is 5.92 Å². The van der Waals surface area contributed by atoms with Crippen LogP contribution in [-0.2, 0) is 15.0 Å². The van der Waals surface area contributed by atoms with E-state index < -0.39 is 5.97 Å². The van der Waals surface area contributed by atoms with Crippen LogP contribution in [0.1, 0.15) is 44.1 Å². The number of hydrazine groups is 1. The molecule has 1 amide bonds. The number of carbonyl (C=O) groups excluding carboxylic acids is 1. The van der Waals surface area contributed by atoms with E-state index in [0.29, 0.717) is 17.9 Å². The summed E-state index contributed by atoms with van der Waals surface area (Å²) < 4.78 is 0. The van der Waals surface area contributed by atoms with Gasteiger partial charge in [-0.15, -0.1) is 0 Å². The standard InChI is InChI=1S/C20H27N3O3/c24-18(25)13-16-12-17(22-21-16)14-6-10-23(11-7-14)19(26)20(8-9-20)15-4-2-1-3-5-15/h1-5,14,16-17,21-22H,6-13H2,(H,24,25). The fourth-order valence-electron chi connectivity index (χ4n) is 4.62. The van der Waals surface area contributed by atoms with E-state index in [2.05, 4.69) is 23.0 Å². The summed E-state index contributed by atoms with van der Waals surface area (Å²) in [5, 5.41) is 8.93. The number of carboxylic acids is 1. The fraction of sp³-hybridized carbons (Fsp3) is 0.600. The highest BCUT2D eigenvalue weighted by Crippen LogP contribution is 2.50. The Labute approximate surface area is 153 Å². The summed E-state index contributed by atoms with van der Waals surface area (Å²) in [6.45, 7) is 1.61. The van der Waals surface area contributed by atoms with E-state index in [1.54, 1.807) is 0 Å².